The van der Waals surface area contributed by atoms with Gasteiger partial charge < -0.3 is 10.1 Å². The molecular formula is C21H24N2O5S. The van der Waals surface area contributed by atoms with Crippen molar-refractivity contribution in [2.75, 3.05) is 25.5 Å². The molecule has 154 valence electrons. The molecular weight excluding hydrogens is 392 g/mol. The number of anilines is 1. The van der Waals surface area contributed by atoms with Gasteiger partial charge in [0.1, 0.15) is 0 Å². The summed E-state index contributed by atoms with van der Waals surface area (Å²) in [5.41, 5.74) is 1.31. The van der Waals surface area contributed by atoms with E-state index < -0.39 is 10.0 Å². The number of ether oxygens (including phenoxy) is 1. The monoisotopic (exact) mass is 416 g/mol. The number of carbonyl (C=O) groups excluding carboxylic acids is 2. The van der Waals surface area contributed by atoms with Crippen LogP contribution in [-0.4, -0.2) is 50.7 Å². The van der Waals surface area contributed by atoms with Crippen molar-refractivity contribution in [3.63, 3.8) is 0 Å². The lowest BCUT2D eigenvalue weighted by Crippen LogP contribution is -2.34. The lowest BCUT2D eigenvalue weighted by molar-refractivity contribution is 0.0978. The molecule has 2 aromatic rings. The summed E-state index contributed by atoms with van der Waals surface area (Å²) in [6.07, 6.45) is 1.71. The fourth-order valence-corrected chi connectivity index (χ4v) is 4.35. The Hall–Kier alpha value is -2.55. The predicted octanol–water partition coefficient (Wildman–Crippen LogP) is 2.94. The molecule has 1 heterocycles. The maximum absolute atomic E-state index is 12.7. The number of hydrogen-bond donors (Lipinski definition) is 1. The lowest BCUT2D eigenvalue weighted by atomic mass is 10.1. The van der Waals surface area contributed by atoms with Gasteiger partial charge >= 0.3 is 0 Å². The Morgan fingerprint density at radius 1 is 1.14 bits per heavy atom. The molecule has 0 saturated carbocycles. The number of sulfonamides is 1. The second kappa shape index (κ2) is 8.86. The molecule has 1 fully saturated rings. The van der Waals surface area contributed by atoms with Crippen molar-refractivity contribution in [3.05, 3.63) is 59.7 Å². The highest BCUT2D eigenvalue weighted by molar-refractivity contribution is 7.89. The van der Waals surface area contributed by atoms with Gasteiger partial charge in [0.25, 0.3) is 5.91 Å². The van der Waals surface area contributed by atoms with E-state index in [-0.39, 0.29) is 22.7 Å². The molecule has 3 rings (SSSR count). The molecule has 0 bridgehead atoms. The molecule has 0 unspecified atom stereocenters. The molecule has 1 aliphatic rings. The number of carbonyl (C=O) groups is 2. The van der Waals surface area contributed by atoms with Gasteiger partial charge in [0.2, 0.25) is 10.0 Å². The van der Waals surface area contributed by atoms with E-state index in [0.29, 0.717) is 30.0 Å². The smallest absolute Gasteiger partial charge is 0.255 e. The predicted molar refractivity (Wildman–Crippen MR) is 110 cm³/mol. The van der Waals surface area contributed by atoms with Crippen molar-refractivity contribution in [2.45, 2.75) is 30.8 Å². The minimum atomic E-state index is -3.66. The summed E-state index contributed by atoms with van der Waals surface area (Å²) < 4.78 is 32.3. The highest BCUT2D eigenvalue weighted by Crippen LogP contribution is 2.20. The minimum Gasteiger partial charge on any atom is -0.377 e. The van der Waals surface area contributed by atoms with Crippen LogP contribution in [0.15, 0.2) is 53.4 Å². The van der Waals surface area contributed by atoms with E-state index in [9.17, 15) is 18.0 Å². The van der Waals surface area contributed by atoms with E-state index in [2.05, 4.69) is 5.32 Å². The molecule has 0 aromatic heterocycles. The van der Waals surface area contributed by atoms with E-state index in [1.807, 2.05) is 0 Å². The Labute approximate surface area is 170 Å². The number of ketones is 1. The number of Topliss-reactive ketones (excluding diaryl/α,β-unsaturated/α-hetero) is 1. The van der Waals surface area contributed by atoms with Crippen molar-refractivity contribution in [3.8, 4) is 0 Å². The highest BCUT2D eigenvalue weighted by atomic mass is 32.2. The molecule has 0 spiro atoms. The average Bonchev–Trinajstić information content (AvgIpc) is 3.21. The largest absolute Gasteiger partial charge is 0.377 e. The van der Waals surface area contributed by atoms with Gasteiger partial charge in [-0.15, -0.1) is 0 Å². The van der Waals surface area contributed by atoms with Crippen molar-refractivity contribution in [1.29, 1.82) is 0 Å². The van der Waals surface area contributed by atoms with Gasteiger partial charge in [-0.05, 0) is 56.2 Å². The molecule has 2 aromatic carbocycles. The first-order valence-corrected chi connectivity index (χ1v) is 10.8. The van der Waals surface area contributed by atoms with Crippen LogP contribution in [0.4, 0.5) is 5.69 Å². The number of nitrogens with zero attached hydrogens (tertiary/aromatic N) is 1. The fraction of sp³-hybridized carbons (Fsp3) is 0.333. The molecule has 1 amide bonds. The molecule has 8 heteroatoms. The second-order valence-corrected chi connectivity index (χ2v) is 9.08. The minimum absolute atomic E-state index is 0.0782. The Bertz CT molecular complexity index is 996. The van der Waals surface area contributed by atoms with Crippen molar-refractivity contribution in [1.82, 2.24) is 4.31 Å². The van der Waals surface area contributed by atoms with Gasteiger partial charge in [-0.25, -0.2) is 8.42 Å². The first-order valence-electron chi connectivity index (χ1n) is 9.38. The summed E-state index contributed by atoms with van der Waals surface area (Å²) in [7, 11) is -2.13. The number of benzene rings is 2. The molecule has 29 heavy (non-hydrogen) atoms. The van der Waals surface area contributed by atoms with Gasteiger partial charge in [-0.3, -0.25) is 9.59 Å². The summed E-state index contributed by atoms with van der Waals surface area (Å²) in [6, 6.07) is 12.4. The Balaban J connectivity index is 1.69. The van der Waals surface area contributed by atoms with Gasteiger partial charge in [-0.2, -0.15) is 4.31 Å². The molecule has 1 N–H and O–H groups in total. The Kier molecular flexibility index (Phi) is 6.46. The van der Waals surface area contributed by atoms with Crippen LogP contribution in [0.25, 0.3) is 0 Å². The first kappa shape index (κ1) is 21.2. The Morgan fingerprint density at radius 3 is 2.48 bits per heavy atom. The summed E-state index contributed by atoms with van der Waals surface area (Å²) in [4.78, 5) is 24.0. The van der Waals surface area contributed by atoms with E-state index in [1.54, 1.807) is 24.3 Å². The Morgan fingerprint density at radius 2 is 1.86 bits per heavy atom. The summed E-state index contributed by atoms with van der Waals surface area (Å²) in [6.45, 7) is 2.42. The highest BCUT2D eigenvalue weighted by Gasteiger charge is 2.26. The zero-order valence-electron chi connectivity index (χ0n) is 16.4. The normalized spacial score (nSPS) is 16.7. The molecule has 7 nitrogen and oxygen atoms in total. The van der Waals surface area contributed by atoms with E-state index in [1.165, 1.54) is 42.5 Å². The lowest BCUT2D eigenvalue weighted by Gasteiger charge is -2.20. The van der Waals surface area contributed by atoms with Crippen molar-refractivity contribution >= 4 is 27.4 Å². The summed E-state index contributed by atoms with van der Waals surface area (Å²) in [5, 5.41) is 2.72. The van der Waals surface area contributed by atoms with Crippen LogP contribution in [0.2, 0.25) is 0 Å². The number of nitrogens with one attached hydrogen (secondary N) is 1. The number of hydrogen-bond acceptors (Lipinski definition) is 5. The third kappa shape index (κ3) is 5.09. The SMILES string of the molecule is CC(=O)c1cccc(NC(=O)c2ccc(S(=O)(=O)N(C)C[C@H]3CCCO3)cc2)c1. The van der Waals surface area contributed by atoms with E-state index in [4.69, 9.17) is 4.74 Å². The number of amides is 1. The van der Waals surface area contributed by atoms with Gasteiger partial charge in [0.15, 0.2) is 5.78 Å². The van der Waals surface area contributed by atoms with Crippen LogP contribution in [-0.2, 0) is 14.8 Å². The third-order valence-corrected chi connectivity index (χ3v) is 6.67. The first-order chi connectivity index (χ1) is 13.8. The second-order valence-electron chi connectivity index (χ2n) is 7.04. The standard InChI is InChI=1S/C21H24N2O5S/c1-15(24)17-5-3-6-18(13-17)22-21(25)16-8-10-20(11-9-16)29(26,27)23(2)14-19-7-4-12-28-19/h3,5-6,8-11,13,19H,4,7,12,14H2,1-2H3,(H,22,25)/t19-/m1/s1. The topological polar surface area (TPSA) is 92.8 Å². The van der Waals surface area contributed by atoms with Crippen LogP contribution in [0.3, 0.4) is 0 Å². The average molecular weight is 416 g/mol. The van der Waals surface area contributed by atoms with Gasteiger partial charge in [0, 0.05) is 37.0 Å². The van der Waals surface area contributed by atoms with Crippen LogP contribution in [0, 0.1) is 0 Å². The fourth-order valence-electron chi connectivity index (χ4n) is 3.15. The molecule has 0 aliphatic carbocycles. The van der Waals surface area contributed by atoms with E-state index in [0.717, 1.165) is 12.8 Å². The maximum Gasteiger partial charge on any atom is 0.255 e. The number of likely N-dealkylation sites (N-methyl/N-ethyl adjacent to an activating group) is 1. The zero-order valence-corrected chi connectivity index (χ0v) is 17.2. The third-order valence-electron chi connectivity index (χ3n) is 4.84. The van der Waals surface area contributed by atoms with Crippen LogP contribution in [0.5, 0.6) is 0 Å². The van der Waals surface area contributed by atoms with Crippen LogP contribution >= 0.6 is 0 Å². The van der Waals surface area contributed by atoms with Gasteiger partial charge in [-0.1, -0.05) is 12.1 Å². The molecule has 1 saturated heterocycles. The number of rotatable bonds is 7. The van der Waals surface area contributed by atoms with Crippen molar-refractivity contribution < 1.29 is 22.7 Å². The zero-order chi connectivity index (χ0) is 21.0. The summed E-state index contributed by atoms with van der Waals surface area (Å²) in [5.74, 6) is -0.481. The van der Waals surface area contributed by atoms with Crippen LogP contribution < -0.4 is 5.32 Å². The van der Waals surface area contributed by atoms with E-state index >= 15 is 0 Å². The quantitative estimate of drug-likeness (QED) is 0.701. The molecule has 0 radical (unpaired) electrons. The molecule has 1 atom stereocenters. The van der Waals surface area contributed by atoms with Crippen molar-refractivity contribution in [2.24, 2.45) is 0 Å². The van der Waals surface area contributed by atoms with Gasteiger partial charge in [0.05, 0.1) is 11.0 Å². The molecule has 1 aliphatic heterocycles. The summed E-state index contributed by atoms with van der Waals surface area (Å²) >= 11 is 0. The maximum atomic E-state index is 12.7. The van der Waals surface area contributed by atoms with Crippen LogP contribution in [0.1, 0.15) is 40.5 Å².